The molecule has 0 fully saturated rings. The van der Waals surface area contributed by atoms with Gasteiger partial charge in [0.25, 0.3) is 0 Å². The molecule has 0 bridgehead atoms. The number of hydrogen-bond donors (Lipinski definition) is 0. The third kappa shape index (κ3) is 2.87. The molecule has 3 heterocycles. The van der Waals surface area contributed by atoms with Gasteiger partial charge in [0, 0.05) is 5.56 Å². The quantitative estimate of drug-likeness (QED) is 0.419. The fourth-order valence-corrected chi connectivity index (χ4v) is 3.86. The molecule has 5 rings (SSSR count). The molecule has 2 aromatic carbocycles. The first kappa shape index (κ1) is 18.5. The lowest BCUT2D eigenvalue weighted by atomic mass is 9.87. The molecule has 150 valence electrons. The van der Waals surface area contributed by atoms with Gasteiger partial charge >= 0.3 is 0 Å². The molecule has 6 nitrogen and oxygen atoms in total. The van der Waals surface area contributed by atoms with E-state index in [9.17, 15) is 0 Å². The molecule has 6 heteroatoms. The van der Waals surface area contributed by atoms with Gasteiger partial charge < -0.3 is 0 Å². The summed E-state index contributed by atoms with van der Waals surface area (Å²) in [6, 6.07) is 14.8. The minimum Gasteiger partial charge on any atom is -0.265 e. The van der Waals surface area contributed by atoms with Gasteiger partial charge in [-0.3, -0.25) is 4.40 Å². The van der Waals surface area contributed by atoms with Crippen molar-refractivity contribution in [2.45, 2.75) is 40.0 Å². The van der Waals surface area contributed by atoms with Crippen molar-refractivity contribution < 1.29 is 0 Å². The number of fused-ring (bicyclic) bond motifs is 3. The number of rotatable bonds is 2. The van der Waals surface area contributed by atoms with E-state index in [4.69, 9.17) is 4.98 Å². The summed E-state index contributed by atoms with van der Waals surface area (Å²) in [6.07, 6.45) is 3.60. The number of nitrogens with zero attached hydrogens (tertiary/aromatic N) is 6. The fraction of sp³-hybridized carbons (Fsp3) is 0.250. The Labute approximate surface area is 175 Å². The minimum absolute atomic E-state index is 0.113. The number of hydrogen-bond acceptors (Lipinski definition) is 4. The molecule has 3 aromatic heterocycles. The highest BCUT2D eigenvalue weighted by atomic mass is 15.3. The third-order valence-electron chi connectivity index (χ3n) is 5.57. The fourth-order valence-electron chi connectivity index (χ4n) is 3.86. The Kier molecular flexibility index (Phi) is 4.00. The van der Waals surface area contributed by atoms with Crippen molar-refractivity contribution in [1.29, 1.82) is 0 Å². The summed E-state index contributed by atoms with van der Waals surface area (Å²) in [7, 11) is 0. The smallest absolute Gasteiger partial charge is 0.175 e. The standard InChI is InChI=1S/C24H24N6/c1-15-6-11-20(16(2)12-15)30-22-19(13-26-30)23-28-27-21(29(23)14-25-22)17-7-9-18(10-8-17)24(3,4)5/h6-14H,1-5H3. The number of aromatic nitrogens is 6. The highest BCUT2D eigenvalue weighted by Gasteiger charge is 2.17. The zero-order chi connectivity index (χ0) is 21.0. The van der Waals surface area contributed by atoms with Crippen LogP contribution in [0.5, 0.6) is 0 Å². The second-order valence-corrected chi connectivity index (χ2v) is 8.87. The van der Waals surface area contributed by atoms with Crippen molar-refractivity contribution in [3.63, 3.8) is 0 Å². The first-order valence-corrected chi connectivity index (χ1v) is 10.1. The Bertz CT molecular complexity index is 1380. The molecule has 0 unspecified atom stereocenters. The Hall–Kier alpha value is -3.54. The van der Waals surface area contributed by atoms with Gasteiger partial charge in [-0.05, 0) is 36.5 Å². The number of benzene rings is 2. The Morgan fingerprint density at radius 3 is 2.33 bits per heavy atom. The maximum atomic E-state index is 4.71. The van der Waals surface area contributed by atoms with E-state index in [0.29, 0.717) is 0 Å². The van der Waals surface area contributed by atoms with Gasteiger partial charge in [-0.1, -0.05) is 62.7 Å². The zero-order valence-electron chi connectivity index (χ0n) is 17.9. The molecule has 0 atom stereocenters. The third-order valence-corrected chi connectivity index (χ3v) is 5.57. The van der Waals surface area contributed by atoms with Crippen LogP contribution in [-0.2, 0) is 5.41 Å². The van der Waals surface area contributed by atoms with Crippen LogP contribution in [0.25, 0.3) is 33.8 Å². The molecule has 0 N–H and O–H groups in total. The van der Waals surface area contributed by atoms with Crippen molar-refractivity contribution in [3.8, 4) is 17.1 Å². The van der Waals surface area contributed by atoms with Crippen LogP contribution in [0.4, 0.5) is 0 Å². The average molecular weight is 396 g/mol. The molecule has 0 saturated heterocycles. The van der Waals surface area contributed by atoms with E-state index < -0.39 is 0 Å². The Morgan fingerprint density at radius 1 is 0.867 bits per heavy atom. The molecule has 0 radical (unpaired) electrons. The summed E-state index contributed by atoms with van der Waals surface area (Å²) in [5.74, 6) is 0.777. The van der Waals surface area contributed by atoms with E-state index in [1.54, 1.807) is 6.33 Å². The van der Waals surface area contributed by atoms with E-state index in [-0.39, 0.29) is 5.41 Å². The Morgan fingerprint density at radius 2 is 1.63 bits per heavy atom. The average Bonchev–Trinajstić information content (AvgIpc) is 3.31. The Balaban J connectivity index is 1.63. The molecule has 0 aliphatic carbocycles. The molecule has 0 amide bonds. The van der Waals surface area contributed by atoms with E-state index in [1.165, 1.54) is 11.1 Å². The van der Waals surface area contributed by atoms with Gasteiger partial charge in [0.1, 0.15) is 6.33 Å². The van der Waals surface area contributed by atoms with Crippen molar-refractivity contribution in [3.05, 3.63) is 71.7 Å². The topological polar surface area (TPSA) is 60.9 Å². The van der Waals surface area contributed by atoms with E-state index in [0.717, 1.165) is 39.3 Å². The van der Waals surface area contributed by atoms with Crippen LogP contribution in [0.1, 0.15) is 37.5 Å². The normalized spacial score (nSPS) is 12.2. The maximum Gasteiger partial charge on any atom is 0.175 e. The SMILES string of the molecule is Cc1ccc(-n2ncc3c2ncn2c(-c4ccc(C(C)(C)C)cc4)nnc32)c(C)c1. The summed E-state index contributed by atoms with van der Waals surface area (Å²) >= 11 is 0. The molecular weight excluding hydrogens is 372 g/mol. The zero-order valence-corrected chi connectivity index (χ0v) is 17.9. The van der Waals surface area contributed by atoms with Crippen LogP contribution in [-0.4, -0.2) is 29.4 Å². The summed E-state index contributed by atoms with van der Waals surface area (Å²) in [5, 5.41) is 14.4. The molecule has 0 aliphatic heterocycles. The largest absolute Gasteiger partial charge is 0.265 e. The second-order valence-electron chi connectivity index (χ2n) is 8.87. The van der Waals surface area contributed by atoms with Crippen LogP contribution in [0.15, 0.2) is 55.0 Å². The predicted molar refractivity (Wildman–Crippen MR) is 119 cm³/mol. The van der Waals surface area contributed by atoms with Crippen LogP contribution in [0, 0.1) is 13.8 Å². The van der Waals surface area contributed by atoms with Crippen LogP contribution in [0.2, 0.25) is 0 Å². The van der Waals surface area contributed by atoms with Gasteiger partial charge in [0.05, 0.1) is 17.3 Å². The van der Waals surface area contributed by atoms with Crippen LogP contribution >= 0.6 is 0 Å². The monoisotopic (exact) mass is 396 g/mol. The molecule has 5 aromatic rings. The summed E-state index contributed by atoms with van der Waals surface area (Å²) < 4.78 is 3.80. The van der Waals surface area contributed by atoms with Crippen LogP contribution in [0.3, 0.4) is 0 Å². The van der Waals surface area contributed by atoms with E-state index >= 15 is 0 Å². The highest BCUT2D eigenvalue weighted by Crippen LogP contribution is 2.28. The van der Waals surface area contributed by atoms with Gasteiger partial charge in [0.2, 0.25) is 0 Å². The highest BCUT2D eigenvalue weighted by molar-refractivity contribution is 5.90. The lowest BCUT2D eigenvalue weighted by Crippen LogP contribution is -2.10. The molecule has 30 heavy (non-hydrogen) atoms. The molecular formula is C24H24N6. The van der Waals surface area contributed by atoms with Crippen molar-refractivity contribution in [1.82, 2.24) is 29.4 Å². The summed E-state index contributed by atoms with van der Waals surface area (Å²) in [6.45, 7) is 10.8. The van der Waals surface area contributed by atoms with Crippen molar-refractivity contribution in [2.24, 2.45) is 0 Å². The van der Waals surface area contributed by atoms with Crippen molar-refractivity contribution >= 4 is 16.7 Å². The first-order chi connectivity index (χ1) is 14.3. The van der Waals surface area contributed by atoms with Crippen molar-refractivity contribution in [2.75, 3.05) is 0 Å². The van der Waals surface area contributed by atoms with Gasteiger partial charge in [-0.25, -0.2) is 9.67 Å². The molecule has 0 spiro atoms. The summed E-state index contributed by atoms with van der Waals surface area (Å²) in [4.78, 5) is 4.71. The van der Waals surface area contributed by atoms with Crippen LogP contribution < -0.4 is 0 Å². The minimum atomic E-state index is 0.113. The lowest BCUT2D eigenvalue weighted by Gasteiger charge is -2.18. The number of aryl methyl sites for hydroxylation is 2. The predicted octanol–water partition coefficient (Wildman–Crippen LogP) is 5.04. The second kappa shape index (κ2) is 6.49. The summed E-state index contributed by atoms with van der Waals surface area (Å²) in [5.41, 5.74) is 7.34. The van der Waals surface area contributed by atoms with Gasteiger partial charge in [-0.15, -0.1) is 10.2 Å². The van der Waals surface area contributed by atoms with Gasteiger partial charge in [0.15, 0.2) is 17.1 Å². The van der Waals surface area contributed by atoms with E-state index in [2.05, 4.69) is 92.4 Å². The first-order valence-electron chi connectivity index (χ1n) is 10.1. The molecule has 0 saturated carbocycles. The lowest BCUT2D eigenvalue weighted by molar-refractivity contribution is 0.590. The van der Waals surface area contributed by atoms with E-state index in [1.807, 2.05) is 15.3 Å². The van der Waals surface area contributed by atoms with Gasteiger partial charge in [-0.2, -0.15) is 5.10 Å². The maximum absolute atomic E-state index is 4.71. The molecule has 0 aliphatic rings.